The molecule has 6 heteroatoms. The summed E-state index contributed by atoms with van der Waals surface area (Å²) in [7, 11) is 0. The Balaban J connectivity index is 1.78. The Kier molecular flexibility index (Phi) is 3.77. The fraction of sp³-hybridized carbons (Fsp3) is 0.0667. The Labute approximate surface area is 130 Å². The normalized spacial score (nSPS) is 11.3. The van der Waals surface area contributed by atoms with Gasteiger partial charge in [0.15, 0.2) is 0 Å². The van der Waals surface area contributed by atoms with Crippen LogP contribution in [0.4, 0.5) is 0 Å². The van der Waals surface area contributed by atoms with E-state index >= 15 is 0 Å². The lowest BCUT2D eigenvalue weighted by Crippen LogP contribution is -2.16. The Morgan fingerprint density at radius 2 is 2.14 bits per heavy atom. The van der Waals surface area contributed by atoms with Crippen LogP contribution in [0.5, 0.6) is 0 Å². The smallest absolute Gasteiger partial charge is 0.283 e. The van der Waals surface area contributed by atoms with E-state index in [0.29, 0.717) is 15.7 Å². The van der Waals surface area contributed by atoms with Crippen molar-refractivity contribution in [2.75, 3.05) is 0 Å². The van der Waals surface area contributed by atoms with Gasteiger partial charge in [0.1, 0.15) is 16.4 Å². The third kappa shape index (κ3) is 2.84. The fourth-order valence-electron chi connectivity index (χ4n) is 1.89. The largest absolute Gasteiger partial charge is 0.460 e. The molecule has 0 radical (unpaired) electrons. The molecule has 3 rings (SSSR count). The molecule has 21 heavy (non-hydrogen) atoms. The van der Waals surface area contributed by atoms with Crippen LogP contribution in [0.15, 0.2) is 45.9 Å². The van der Waals surface area contributed by atoms with Gasteiger partial charge < -0.3 is 4.42 Å². The molecule has 1 aromatic carbocycles. The number of carbonyl (C=O) groups excluding carboxylic acids is 1. The summed E-state index contributed by atoms with van der Waals surface area (Å²) < 4.78 is 6.29. The number of rotatable bonds is 3. The molecule has 0 bridgehead atoms. The van der Waals surface area contributed by atoms with Crippen molar-refractivity contribution < 1.29 is 9.21 Å². The summed E-state index contributed by atoms with van der Waals surface area (Å²) in [6.45, 7) is 1.84. The third-order valence-electron chi connectivity index (χ3n) is 2.86. The third-order valence-corrected chi connectivity index (χ3v) is 4.53. The predicted molar refractivity (Wildman–Crippen MR) is 85.3 cm³/mol. The number of nitrogens with one attached hydrogen (secondary N) is 1. The topological polar surface area (TPSA) is 54.6 Å². The summed E-state index contributed by atoms with van der Waals surface area (Å²) in [6.07, 6.45) is 1.45. The van der Waals surface area contributed by atoms with Crippen LogP contribution in [-0.2, 0) is 0 Å². The van der Waals surface area contributed by atoms with Crippen molar-refractivity contribution in [3.8, 4) is 0 Å². The van der Waals surface area contributed by atoms with E-state index in [1.807, 2.05) is 37.3 Å². The van der Waals surface area contributed by atoms with Gasteiger partial charge >= 0.3 is 0 Å². The number of thiophene rings is 1. The second-order valence-electron chi connectivity index (χ2n) is 4.39. The number of nitrogens with zero attached hydrogens (tertiary/aromatic N) is 1. The molecule has 0 aliphatic carbocycles. The van der Waals surface area contributed by atoms with E-state index in [1.165, 1.54) is 17.6 Å². The van der Waals surface area contributed by atoms with Gasteiger partial charge in [0.05, 0.1) is 11.2 Å². The zero-order valence-electron chi connectivity index (χ0n) is 11.1. The van der Waals surface area contributed by atoms with Crippen LogP contribution >= 0.6 is 22.9 Å². The molecule has 2 aromatic heterocycles. The summed E-state index contributed by atoms with van der Waals surface area (Å²) in [5.41, 5.74) is 2.45. The number of halogens is 1. The van der Waals surface area contributed by atoms with E-state index < -0.39 is 0 Å². The van der Waals surface area contributed by atoms with Crippen LogP contribution in [0.1, 0.15) is 21.2 Å². The zero-order chi connectivity index (χ0) is 14.8. The Morgan fingerprint density at radius 1 is 1.33 bits per heavy atom. The number of fused-ring (bicyclic) bond motifs is 1. The van der Waals surface area contributed by atoms with E-state index in [-0.39, 0.29) is 5.91 Å². The second kappa shape index (κ2) is 5.71. The number of benzene rings is 1. The van der Waals surface area contributed by atoms with Crippen molar-refractivity contribution in [2.45, 2.75) is 6.92 Å². The summed E-state index contributed by atoms with van der Waals surface area (Å²) in [5.74, 6) is 1.03. The molecule has 0 saturated carbocycles. The fourth-order valence-corrected chi connectivity index (χ4v) is 3.30. The first-order valence-electron chi connectivity index (χ1n) is 6.22. The molecule has 1 amide bonds. The average molecular weight is 319 g/mol. The SMILES string of the molecule is Cc1ccc(/C=N/NC(=O)c2sc3ccccc3c2Cl)o1. The van der Waals surface area contributed by atoms with Crippen LogP contribution in [0.2, 0.25) is 5.02 Å². The van der Waals surface area contributed by atoms with Gasteiger partial charge in [-0.25, -0.2) is 5.43 Å². The van der Waals surface area contributed by atoms with Gasteiger partial charge in [-0.15, -0.1) is 11.3 Å². The number of hydrogen-bond donors (Lipinski definition) is 1. The minimum Gasteiger partial charge on any atom is -0.460 e. The summed E-state index contributed by atoms with van der Waals surface area (Å²) >= 11 is 7.57. The minimum atomic E-state index is -0.333. The van der Waals surface area contributed by atoms with E-state index in [9.17, 15) is 4.79 Å². The first kappa shape index (κ1) is 13.9. The van der Waals surface area contributed by atoms with Gasteiger partial charge in [-0.1, -0.05) is 29.8 Å². The first-order valence-corrected chi connectivity index (χ1v) is 7.41. The second-order valence-corrected chi connectivity index (χ2v) is 5.82. The van der Waals surface area contributed by atoms with Gasteiger partial charge in [-0.3, -0.25) is 4.79 Å². The van der Waals surface area contributed by atoms with Crippen LogP contribution in [0.25, 0.3) is 10.1 Å². The molecule has 0 aliphatic heterocycles. The maximum absolute atomic E-state index is 12.1. The van der Waals surface area contributed by atoms with Crippen LogP contribution in [-0.4, -0.2) is 12.1 Å². The monoisotopic (exact) mass is 318 g/mol. The van der Waals surface area contributed by atoms with Gasteiger partial charge in [0.2, 0.25) is 0 Å². The highest BCUT2D eigenvalue weighted by Gasteiger charge is 2.16. The molecule has 1 N–H and O–H groups in total. The average Bonchev–Trinajstić information content (AvgIpc) is 3.03. The van der Waals surface area contributed by atoms with Crippen molar-refractivity contribution in [3.05, 3.63) is 57.8 Å². The quantitative estimate of drug-likeness (QED) is 0.580. The molecule has 4 nitrogen and oxygen atoms in total. The summed E-state index contributed by atoms with van der Waals surface area (Å²) in [5, 5.41) is 5.20. The van der Waals surface area contributed by atoms with E-state index in [2.05, 4.69) is 10.5 Å². The lowest BCUT2D eigenvalue weighted by Gasteiger charge is -1.96. The molecule has 0 saturated heterocycles. The standard InChI is InChI=1S/C15H11ClN2O2S/c1-9-6-7-10(20-9)8-17-18-15(19)14-13(16)11-4-2-3-5-12(11)21-14/h2-8H,1H3,(H,18,19)/b17-8+. The molecule has 106 valence electrons. The summed E-state index contributed by atoms with van der Waals surface area (Å²) in [6, 6.07) is 11.2. The molecule has 0 fully saturated rings. The Hall–Kier alpha value is -2.11. The van der Waals surface area contributed by atoms with E-state index in [0.717, 1.165) is 15.8 Å². The minimum absolute atomic E-state index is 0.333. The van der Waals surface area contributed by atoms with E-state index in [4.69, 9.17) is 16.0 Å². The predicted octanol–water partition coefficient (Wildman–Crippen LogP) is 4.22. The molecule has 0 unspecified atom stereocenters. The van der Waals surface area contributed by atoms with E-state index in [1.54, 1.807) is 6.07 Å². The Bertz CT molecular complexity index is 835. The molecule has 3 aromatic rings. The molecule has 2 heterocycles. The molecular weight excluding hydrogens is 308 g/mol. The molecular formula is C15H11ClN2O2S. The number of hydrogen-bond acceptors (Lipinski definition) is 4. The number of carbonyl (C=O) groups is 1. The number of aryl methyl sites for hydroxylation is 1. The number of hydrazone groups is 1. The number of furan rings is 1. The van der Waals surface area contributed by atoms with Crippen LogP contribution < -0.4 is 5.43 Å². The summed E-state index contributed by atoms with van der Waals surface area (Å²) in [4.78, 5) is 12.6. The van der Waals surface area contributed by atoms with Crippen LogP contribution in [0, 0.1) is 6.92 Å². The maximum atomic E-state index is 12.1. The molecule has 0 aliphatic rings. The van der Waals surface area contributed by atoms with Crippen molar-refractivity contribution >= 4 is 45.1 Å². The number of amides is 1. The highest BCUT2D eigenvalue weighted by Crippen LogP contribution is 2.34. The van der Waals surface area contributed by atoms with Gasteiger partial charge in [-0.2, -0.15) is 5.10 Å². The lowest BCUT2D eigenvalue weighted by atomic mass is 10.2. The first-order chi connectivity index (χ1) is 10.1. The Morgan fingerprint density at radius 3 is 2.86 bits per heavy atom. The molecule has 0 spiro atoms. The lowest BCUT2D eigenvalue weighted by molar-refractivity contribution is 0.0959. The van der Waals surface area contributed by atoms with Crippen molar-refractivity contribution in [1.82, 2.24) is 5.43 Å². The van der Waals surface area contributed by atoms with Gasteiger partial charge in [-0.05, 0) is 25.1 Å². The maximum Gasteiger partial charge on any atom is 0.283 e. The van der Waals surface area contributed by atoms with Crippen molar-refractivity contribution in [3.63, 3.8) is 0 Å². The highest BCUT2D eigenvalue weighted by molar-refractivity contribution is 7.21. The van der Waals surface area contributed by atoms with Crippen molar-refractivity contribution in [1.29, 1.82) is 0 Å². The van der Waals surface area contributed by atoms with Crippen molar-refractivity contribution in [2.24, 2.45) is 5.10 Å². The van der Waals surface area contributed by atoms with Gasteiger partial charge in [0, 0.05) is 10.1 Å². The van der Waals surface area contributed by atoms with Crippen LogP contribution in [0.3, 0.4) is 0 Å². The highest BCUT2D eigenvalue weighted by atomic mass is 35.5. The van der Waals surface area contributed by atoms with Gasteiger partial charge in [0.25, 0.3) is 5.91 Å². The molecule has 0 atom stereocenters. The zero-order valence-corrected chi connectivity index (χ0v) is 12.7.